The molecule has 0 radical (unpaired) electrons. The van der Waals surface area contributed by atoms with E-state index < -0.39 is 5.97 Å². The van der Waals surface area contributed by atoms with E-state index in [2.05, 4.69) is 25.7 Å². The standard InChI is InChI=1S/C10H19NO2/c1-7(2)4-9(10(12)13)11-5-8(3)6-11/h7-9H,4-6H2,1-3H3,(H,12,13). The van der Waals surface area contributed by atoms with Gasteiger partial charge in [-0.15, -0.1) is 0 Å². The smallest absolute Gasteiger partial charge is 0.320 e. The van der Waals surface area contributed by atoms with E-state index in [0.717, 1.165) is 19.5 Å². The molecular weight excluding hydrogens is 166 g/mol. The Bertz CT molecular complexity index is 185. The van der Waals surface area contributed by atoms with Gasteiger partial charge >= 0.3 is 5.97 Å². The van der Waals surface area contributed by atoms with Gasteiger partial charge in [-0.05, 0) is 18.3 Å². The van der Waals surface area contributed by atoms with Gasteiger partial charge in [0.2, 0.25) is 0 Å². The molecule has 1 heterocycles. The summed E-state index contributed by atoms with van der Waals surface area (Å²) >= 11 is 0. The van der Waals surface area contributed by atoms with Crippen LogP contribution in [0.5, 0.6) is 0 Å². The second-order valence-electron chi connectivity index (χ2n) is 4.54. The van der Waals surface area contributed by atoms with Crippen LogP contribution in [0.25, 0.3) is 0 Å². The quantitative estimate of drug-likeness (QED) is 0.720. The van der Waals surface area contributed by atoms with Crippen LogP contribution in [-0.4, -0.2) is 35.1 Å². The zero-order chi connectivity index (χ0) is 10.0. The number of carboxylic acid groups (broad SMARTS) is 1. The van der Waals surface area contributed by atoms with E-state index >= 15 is 0 Å². The summed E-state index contributed by atoms with van der Waals surface area (Å²) in [5, 5.41) is 9.00. The van der Waals surface area contributed by atoms with E-state index in [9.17, 15) is 4.79 Å². The third kappa shape index (κ3) is 2.69. The van der Waals surface area contributed by atoms with E-state index in [0.29, 0.717) is 11.8 Å². The lowest BCUT2D eigenvalue weighted by Gasteiger charge is -2.41. The molecule has 3 heteroatoms. The highest BCUT2D eigenvalue weighted by Crippen LogP contribution is 2.21. The molecule has 13 heavy (non-hydrogen) atoms. The third-order valence-electron chi connectivity index (χ3n) is 2.51. The Labute approximate surface area is 79.7 Å². The lowest BCUT2D eigenvalue weighted by molar-refractivity contribution is -0.146. The predicted octanol–water partition coefficient (Wildman–Crippen LogP) is 1.44. The molecule has 0 spiro atoms. The van der Waals surface area contributed by atoms with Crippen LogP contribution in [0.15, 0.2) is 0 Å². The fraction of sp³-hybridized carbons (Fsp3) is 0.900. The molecule has 0 aliphatic carbocycles. The fourth-order valence-corrected chi connectivity index (χ4v) is 1.85. The maximum Gasteiger partial charge on any atom is 0.320 e. The summed E-state index contributed by atoms with van der Waals surface area (Å²) < 4.78 is 0. The Kier molecular flexibility index (Phi) is 3.31. The van der Waals surface area contributed by atoms with Crippen molar-refractivity contribution in [3.05, 3.63) is 0 Å². The lowest BCUT2D eigenvalue weighted by Crippen LogP contribution is -2.54. The minimum atomic E-state index is -0.666. The molecule has 1 fully saturated rings. The number of carboxylic acids is 1. The van der Waals surface area contributed by atoms with E-state index in [-0.39, 0.29) is 6.04 Å². The number of likely N-dealkylation sites (tertiary alicyclic amines) is 1. The van der Waals surface area contributed by atoms with Gasteiger partial charge in [0, 0.05) is 13.1 Å². The van der Waals surface area contributed by atoms with Gasteiger partial charge in [-0.2, -0.15) is 0 Å². The molecule has 1 unspecified atom stereocenters. The fourth-order valence-electron chi connectivity index (χ4n) is 1.85. The average molecular weight is 185 g/mol. The molecule has 0 aromatic carbocycles. The maximum absolute atomic E-state index is 10.9. The lowest BCUT2D eigenvalue weighted by atomic mass is 9.95. The molecule has 3 nitrogen and oxygen atoms in total. The van der Waals surface area contributed by atoms with Crippen molar-refractivity contribution in [3.63, 3.8) is 0 Å². The van der Waals surface area contributed by atoms with Crippen LogP contribution in [0, 0.1) is 11.8 Å². The Morgan fingerprint density at radius 2 is 2.08 bits per heavy atom. The molecular formula is C10H19NO2. The summed E-state index contributed by atoms with van der Waals surface area (Å²) in [5.41, 5.74) is 0. The van der Waals surface area contributed by atoms with Crippen LogP contribution in [0.4, 0.5) is 0 Å². The summed E-state index contributed by atoms with van der Waals surface area (Å²) in [5.74, 6) is 0.464. The van der Waals surface area contributed by atoms with Crippen LogP contribution in [0.2, 0.25) is 0 Å². The van der Waals surface area contributed by atoms with Crippen molar-refractivity contribution in [2.45, 2.75) is 33.2 Å². The summed E-state index contributed by atoms with van der Waals surface area (Å²) in [7, 11) is 0. The number of hydrogen-bond donors (Lipinski definition) is 1. The Morgan fingerprint density at radius 1 is 1.54 bits per heavy atom. The zero-order valence-corrected chi connectivity index (χ0v) is 8.66. The average Bonchev–Trinajstić information content (AvgIpc) is 1.94. The second-order valence-corrected chi connectivity index (χ2v) is 4.54. The number of aliphatic carboxylic acids is 1. The molecule has 1 N–H and O–H groups in total. The maximum atomic E-state index is 10.9. The van der Waals surface area contributed by atoms with Crippen molar-refractivity contribution in [2.75, 3.05) is 13.1 Å². The molecule has 0 aromatic heterocycles. The van der Waals surface area contributed by atoms with Crippen molar-refractivity contribution in [1.29, 1.82) is 0 Å². The molecule has 0 saturated carbocycles. The first-order valence-corrected chi connectivity index (χ1v) is 4.97. The minimum Gasteiger partial charge on any atom is -0.480 e. The molecule has 1 aliphatic heterocycles. The van der Waals surface area contributed by atoms with Crippen LogP contribution in [0.1, 0.15) is 27.2 Å². The van der Waals surface area contributed by atoms with Crippen molar-refractivity contribution < 1.29 is 9.90 Å². The van der Waals surface area contributed by atoms with Gasteiger partial charge in [-0.1, -0.05) is 20.8 Å². The summed E-state index contributed by atoms with van der Waals surface area (Å²) in [6.07, 6.45) is 0.766. The summed E-state index contributed by atoms with van der Waals surface area (Å²) in [4.78, 5) is 13.0. The molecule has 0 amide bonds. The number of rotatable bonds is 4. The Morgan fingerprint density at radius 3 is 2.38 bits per heavy atom. The third-order valence-corrected chi connectivity index (χ3v) is 2.51. The topological polar surface area (TPSA) is 40.5 Å². The molecule has 0 aromatic rings. The first-order chi connectivity index (χ1) is 6.00. The number of hydrogen-bond acceptors (Lipinski definition) is 2. The molecule has 1 aliphatic rings. The van der Waals surface area contributed by atoms with Crippen molar-refractivity contribution >= 4 is 5.97 Å². The minimum absolute atomic E-state index is 0.254. The van der Waals surface area contributed by atoms with Gasteiger partial charge in [-0.3, -0.25) is 9.69 Å². The summed E-state index contributed by atoms with van der Waals surface area (Å²) in [6.45, 7) is 8.19. The van der Waals surface area contributed by atoms with Gasteiger partial charge in [0.05, 0.1) is 0 Å². The monoisotopic (exact) mass is 185 g/mol. The Hall–Kier alpha value is -0.570. The first-order valence-electron chi connectivity index (χ1n) is 4.97. The predicted molar refractivity (Wildman–Crippen MR) is 51.6 cm³/mol. The SMILES string of the molecule is CC(C)CC(C(=O)O)N1CC(C)C1. The highest BCUT2D eigenvalue weighted by atomic mass is 16.4. The van der Waals surface area contributed by atoms with Crippen LogP contribution >= 0.6 is 0 Å². The number of carbonyl (C=O) groups is 1. The van der Waals surface area contributed by atoms with Crippen molar-refractivity contribution in [2.24, 2.45) is 11.8 Å². The van der Waals surface area contributed by atoms with Crippen molar-refractivity contribution in [3.8, 4) is 0 Å². The normalized spacial score (nSPS) is 21.5. The van der Waals surface area contributed by atoms with Crippen LogP contribution in [0.3, 0.4) is 0 Å². The van der Waals surface area contributed by atoms with E-state index in [1.54, 1.807) is 0 Å². The highest BCUT2D eigenvalue weighted by molar-refractivity contribution is 5.73. The van der Waals surface area contributed by atoms with Crippen molar-refractivity contribution in [1.82, 2.24) is 4.90 Å². The zero-order valence-electron chi connectivity index (χ0n) is 8.66. The molecule has 1 atom stereocenters. The van der Waals surface area contributed by atoms with E-state index in [1.807, 2.05) is 0 Å². The van der Waals surface area contributed by atoms with E-state index in [4.69, 9.17) is 5.11 Å². The van der Waals surface area contributed by atoms with Gasteiger partial charge < -0.3 is 5.11 Å². The van der Waals surface area contributed by atoms with Gasteiger partial charge in [-0.25, -0.2) is 0 Å². The molecule has 0 bridgehead atoms. The summed E-state index contributed by atoms with van der Waals surface area (Å²) in [6, 6.07) is -0.254. The second kappa shape index (κ2) is 4.09. The molecule has 1 rings (SSSR count). The van der Waals surface area contributed by atoms with Crippen LogP contribution in [-0.2, 0) is 4.79 Å². The number of nitrogens with zero attached hydrogens (tertiary/aromatic N) is 1. The van der Waals surface area contributed by atoms with E-state index in [1.165, 1.54) is 0 Å². The molecule has 1 saturated heterocycles. The van der Waals surface area contributed by atoms with Gasteiger partial charge in [0.1, 0.15) is 6.04 Å². The highest BCUT2D eigenvalue weighted by Gasteiger charge is 2.33. The first kappa shape index (κ1) is 10.5. The van der Waals surface area contributed by atoms with Gasteiger partial charge in [0.15, 0.2) is 0 Å². The Balaban J connectivity index is 2.43. The largest absolute Gasteiger partial charge is 0.480 e. The van der Waals surface area contributed by atoms with Crippen LogP contribution < -0.4 is 0 Å². The van der Waals surface area contributed by atoms with Gasteiger partial charge in [0.25, 0.3) is 0 Å². The molecule has 76 valence electrons.